The van der Waals surface area contributed by atoms with Crippen molar-refractivity contribution in [3.05, 3.63) is 89.8 Å². The van der Waals surface area contributed by atoms with E-state index in [0.29, 0.717) is 12.4 Å². The van der Waals surface area contributed by atoms with Gasteiger partial charge in [-0.15, -0.1) is 0 Å². The van der Waals surface area contributed by atoms with E-state index in [4.69, 9.17) is 11.6 Å². The monoisotopic (exact) mass is 373 g/mol. The quantitative estimate of drug-likeness (QED) is 0.541. The molecular weight excluding hydrogens is 358 g/mol. The van der Waals surface area contributed by atoms with Crippen molar-refractivity contribution in [3.63, 3.8) is 0 Å². The summed E-state index contributed by atoms with van der Waals surface area (Å²) in [5.74, 6) is 1.29. The molecule has 0 atom stereocenters. The molecule has 0 fully saturated rings. The van der Waals surface area contributed by atoms with E-state index in [1.807, 2.05) is 60.7 Å². The van der Waals surface area contributed by atoms with Gasteiger partial charge in [-0.3, -0.25) is 9.97 Å². The lowest BCUT2D eigenvalue weighted by atomic mass is 10.2. The molecule has 0 spiro atoms. The Kier molecular flexibility index (Phi) is 5.03. The van der Waals surface area contributed by atoms with E-state index in [0.717, 1.165) is 33.4 Å². The molecule has 0 saturated heterocycles. The number of benzene rings is 1. The second-order valence-corrected chi connectivity index (χ2v) is 6.34. The molecule has 5 nitrogen and oxygen atoms in total. The zero-order chi connectivity index (χ0) is 18.5. The minimum atomic E-state index is 0.565. The summed E-state index contributed by atoms with van der Waals surface area (Å²) in [5.41, 5.74) is 3.54. The van der Waals surface area contributed by atoms with Crippen LogP contribution in [-0.2, 0) is 6.54 Å². The standard InChI is InChI=1S/C21H16ClN5/c22-17-8-6-15(7-9-17)13-25-20-12-19(16-4-3-10-23-14-16)26-21(27-20)18-5-1-2-11-24-18/h1-12,14H,13H2,(H,25,26,27). The highest BCUT2D eigenvalue weighted by Gasteiger charge is 2.10. The van der Waals surface area contributed by atoms with E-state index < -0.39 is 0 Å². The van der Waals surface area contributed by atoms with Crippen molar-refractivity contribution in [2.24, 2.45) is 0 Å². The van der Waals surface area contributed by atoms with Crippen LogP contribution in [0.2, 0.25) is 5.02 Å². The second kappa shape index (κ2) is 7.93. The highest BCUT2D eigenvalue weighted by Crippen LogP contribution is 2.23. The number of pyridine rings is 2. The van der Waals surface area contributed by atoms with E-state index in [2.05, 4.69) is 25.3 Å². The molecule has 0 bridgehead atoms. The van der Waals surface area contributed by atoms with E-state index in [9.17, 15) is 0 Å². The fourth-order valence-electron chi connectivity index (χ4n) is 2.60. The van der Waals surface area contributed by atoms with E-state index >= 15 is 0 Å². The van der Waals surface area contributed by atoms with Crippen molar-refractivity contribution in [1.82, 2.24) is 19.9 Å². The van der Waals surface area contributed by atoms with Gasteiger partial charge in [0.05, 0.1) is 5.69 Å². The molecule has 0 aliphatic rings. The van der Waals surface area contributed by atoms with Crippen LogP contribution in [0.25, 0.3) is 22.8 Å². The SMILES string of the molecule is Clc1ccc(CNc2cc(-c3cccnc3)nc(-c3ccccn3)n2)cc1. The van der Waals surface area contributed by atoms with Crippen LogP contribution in [0, 0.1) is 0 Å². The molecule has 0 radical (unpaired) electrons. The van der Waals surface area contributed by atoms with Crippen LogP contribution in [0.4, 0.5) is 5.82 Å². The zero-order valence-corrected chi connectivity index (χ0v) is 15.1. The first-order valence-electron chi connectivity index (χ1n) is 8.47. The van der Waals surface area contributed by atoms with Gasteiger partial charge in [0.1, 0.15) is 11.5 Å². The van der Waals surface area contributed by atoms with Gasteiger partial charge in [-0.1, -0.05) is 29.8 Å². The molecule has 3 aromatic heterocycles. The molecule has 27 heavy (non-hydrogen) atoms. The molecular formula is C21H16ClN5. The largest absolute Gasteiger partial charge is 0.366 e. The van der Waals surface area contributed by atoms with Gasteiger partial charge in [-0.05, 0) is 42.0 Å². The van der Waals surface area contributed by atoms with Crippen LogP contribution >= 0.6 is 11.6 Å². The summed E-state index contributed by atoms with van der Waals surface area (Å²) in [6.07, 6.45) is 5.26. The van der Waals surface area contributed by atoms with Crippen LogP contribution in [0.1, 0.15) is 5.56 Å². The van der Waals surface area contributed by atoms with Gasteiger partial charge >= 0.3 is 0 Å². The molecule has 6 heteroatoms. The van der Waals surface area contributed by atoms with Crippen molar-refractivity contribution in [2.45, 2.75) is 6.54 Å². The van der Waals surface area contributed by atoms with Crippen molar-refractivity contribution in [2.75, 3.05) is 5.32 Å². The van der Waals surface area contributed by atoms with Crippen LogP contribution in [0.15, 0.2) is 79.3 Å². The average molecular weight is 374 g/mol. The predicted molar refractivity (Wildman–Crippen MR) is 107 cm³/mol. The molecule has 1 N–H and O–H groups in total. The minimum absolute atomic E-state index is 0.565. The Morgan fingerprint density at radius 2 is 1.74 bits per heavy atom. The molecule has 0 amide bonds. The maximum Gasteiger partial charge on any atom is 0.180 e. The van der Waals surface area contributed by atoms with Gasteiger partial charge in [0.25, 0.3) is 0 Å². The summed E-state index contributed by atoms with van der Waals surface area (Å²) in [6, 6.07) is 19.2. The number of halogens is 1. The number of aromatic nitrogens is 4. The molecule has 0 unspecified atom stereocenters. The number of hydrogen-bond donors (Lipinski definition) is 1. The lowest BCUT2D eigenvalue weighted by Crippen LogP contribution is -2.04. The molecule has 132 valence electrons. The number of nitrogens with one attached hydrogen (secondary N) is 1. The van der Waals surface area contributed by atoms with E-state index in [1.54, 1.807) is 18.6 Å². The Morgan fingerprint density at radius 1 is 0.852 bits per heavy atom. The van der Waals surface area contributed by atoms with Crippen LogP contribution in [0.5, 0.6) is 0 Å². The third-order valence-electron chi connectivity index (χ3n) is 3.96. The summed E-state index contributed by atoms with van der Waals surface area (Å²) in [4.78, 5) is 17.9. The first-order valence-corrected chi connectivity index (χ1v) is 8.85. The highest BCUT2D eigenvalue weighted by atomic mass is 35.5. The number of rotatable bonds is 5. The van der Waals surface area contributed by atoms with E-state index in [-0.39, 0.29) is 0 Å². The van der Waals surface area contributed by atoms with E-state index in [1.165, 1.54) is 0 Å². The summed E-state index contributed by atoms with van der Waals surface area (Å²) in [7, 11) is 0. The van der Waals surface area contributed by atoms with Gasteiger partial charge in [0, 0.05) is 41.8 Å². The van der Waals surface area contributed by atoms with Gasteiger partial charge < -0.3 is 5.32 Å². The second-order valence-electron chi connectivity index (χ2n) is 5.90. The first-order chi connectivity index (χ1) is 13.3. The maximum atomic E-state index is 5.95. The van der Waals surface area contributed by atoms with Crippen molar-refractivity contribution < 1.29 is 0 Å². The number of anilines is 1. The Balaban J connectivity index is 1.68. The van der Waals surface area contributed by atoms with Crippen LogP contribution in [0.3, 0.4) is 0 Å². The molecule has 0 aliphatic heterocycles. The van der Waals surface area contributed by atoms with Gasteiger partial charge in [-0.25, -0.2) is 9.97 Å². The van der Waals surface area contributed by atoms with Gasteiger partial charge in [-0.2, -0.15) is 0 Å². The highest BCUT2D eigenvalue weighted by molar-refractivity contribution is 6.30. The third kappa shape index (κ3) is 4.27. The normalized spacial score (nSPS) is 10.6. The number of nitrogens with zero attached hydrogens (tertiary/aromatic N) is 4. The Labute approximate surface area is 162 Å². The van der Waals surface area contributed by atoms with Crippen LogP contribution < -0.4 is 5.32 Å². The van der Waals surface area contributed by atoms with Crippen LogP contribution in [-0.4, -0.2) is 19.9 Å². The first kappa shape index (κ1) is 17.1. The molecule has 4 aromatic rings. The average Bonchev–Trinajstić information content (AvgIpc) is 2.74. The maximum absolute atomic E-state index is 5.95. The molecule has 4 rings (SSSR count). The Hall–Kier alpha value is -3.31. The molecule has 0 saturated carbocycles. The molecule has 1 aromatic carbocycles. The fourth-order valence-corrected chi connectivity index (χ4v) is 2.73. The van der Waals surface area contributed by atoms with Crippen molar-refractivity contribution in [1.29, 1.82) is 0 Å². The van der Waals surface area contributed by atoms with Gasteiger partial charge in [0.15, 0.2) is 5.82 Å². The smallest absolute Gasteiger partial charge is 0.180 e. The Bertz CT molecular complexity index is 964. The van der Waals surface area contributed by atoms with Gasteiger partial charge in [0.2, 0.25) is 0 Å². The third-order valence-corrected chi connectivity index (χ3v) is 4.22. The predicted octanol–water partition coefficient (Wildman–Crippen LogP) is 4.87. The molecule has 0 aliphatic carbocycles. The summed E-state index contributed by atoms with van der Waals surface area (Å²) in [6.45, 7) is 0.627. The summed E-state index contributed by atoms with van der Waals surface area (Å²) < 4.78 is 0. The lowest BCUT2D eigenvalue weighted by molar-refractivity contribution is 1.08. The molecule has 3 heterocycles. The minimum Gasteiger partial charge on any atom is -0.366 e. The fraction of sp³-hybridized carbons (Fsp3) is 0.0476. The van der Waals surface area contributed by atoms with Crippen molar-refractivity contribution in [3.8, 4) is 22.8 Å². The topological polar surface area (TPSA) is 63.6 Å². The Morgan fingerprint density at radius 3 is 2.48 bits per heavy atom. The van der Waals surface area contributed by atoms with Crippen molar-refractivity contribution >= 4 is 17.4 Å². The zero-order valence-electron chi connectivity index (χ0n) is 14.4. The summed E-state index contributed by atoms with van der Waals surface area (Å²) in [5, 5.41) is 4.08. The number of hydrogen-bond acceptors (Lipinski definition) is 5. The lowest BCUT2D eigenvalue weighted by Gasteiger charge is -2.10. The summed E-state index contributed by atoms with van der Waals surface area (Å²) >= 11 is 5.95.